The Balaban J connectivity index is 0.441. The van der Waals surface area contributed by atoms with Crippen LogP contribution in [0.25, 0.3) is 23.4 Å². The van der Waals surface area contributed by atoms with Crippen molar-refractivity contribution in [1.29, 1.82) is 0 Å². The van der Waals surface area contributed by atoms with Crippen molar-refractivity contribution in [3.63, 3.8) is 0 Å². The zero-order valence-corrected chi connectivity index (χ0v) is 79.0. The highest BCUT2D eigenvalue weighted by Crippen LogP contribution is 2.74. The van der Waals surface area contributed by atoms with Crippen LogP contribution in [0.4, 0.5) is 0 Å². The second-order valence-electron chi connectivity index (χ2n) is 37.6. The van der Waals surface area contributed by atoms with Crippen molar-refractivity contribution in [3.05, 3.63) is 140 Å². The molecule has 2 aromatic carbocycles. The van der Waals surface area contributed by atoms with Crippen LogP contribution in [0.1, 0.15) is 120 Å². The van der Waals surface area contributed by atoms with Crippen LogP contribution in [0.2, 0.25) is 0 Å². The second-order valence-corrected chi connectivity index (χ2v) is 37.6. The molecule has 9 fully saturated rings. The average Bonchev–Trinajstić information content (AvgIpc) is 0.746. The Labute approximate surface area is 777 Å². The number of rotatable bonds is 56. The lowest BCUT2D eigenvalue weighted by Gasteiger charge is -2.70. The van der Waals surface area contributed by atoms with Crippen molar-refractivity contribution in [3.8, 4) is 0 Å². The minimum absolute atomic E-state index is 0.0415. The van der Waals surface area contributed by atoms with Gasteiger partial charge in [0, 0.05) is 204 Å². The standard InChI is InChI=1S/C98H145N17O17/c1-7-85-83(91-101-75(3)59-77(5)114(91)103-85)61-81-17-13-79(14-18-81)11-9-23-105-25-37-111(38-26-105)73-95-67-97(68-95,69-95)93(123)99-21-43-125-47-51-129-55-57-131-53-49-127-45-41-113(87(116)63-107-29-31-108(64-88(117)118)33-35-110(66-90(121)122)36-34-109(32-30-107)65-89(119)120)42-46-128-50-54-132-58-56-130-52-48-126-44-22-100-94(124)98-70-96(71-98,72-98)74-112-39-27-106(28-40-112)24-10-12-80-15-19-82(20-16-80)62-84-86(8-2)104-115-78(6)60-76(4)102-92(84)115/h9-20,59-60H,7-8,21-58,61-74H2,1-6H3,(H,99,123)(H,100,124)(H,117,118)(H,119,120)(H,121,122)/b11-9+,12-10+. The summed E-state index contributed by atoms with van der Waals surface area (Å²) in [7, 11) is 0. The summed E-state index contributed by atoms with van der Waals surface area (Å²) in [6.07, 6.45) is 18.1. The monoisotopic (exact) mass is 1830 g/mol. The summed E-state index contributed by atoms with van der Waals surface area (Å²) in [6.45, 7) is 32.8. The van der Waals surface area contributed by atoms with Gasteiger partial charge in [-0.1, -0.05) is 86.7 Å². The van der Waals surface area contributed by atoms with Gasteiger partial charge in [-0.25, -0.2) is 19.0 Å². The van der Waals surface area contributed by atoms with E-state index in [-0.39, 0.29) is 144 Å². The van der Waals surface area contributed by atoms with Crippen molar-refractivity contribution in [2.45, 2.75) is 106 Å². The number of carboxylic acid groups (broad SMARTS) is 3. The topological polar surface area (TPSA) is 351 Å². The summed E-state index contributed by atoms with van der Waals surface area (Å²) in [5, 5.41) is 45.2. The summed E-state index contributed by atoms with van der Waals surface area (Å²) in [5.41, 5.74) is 15.7. The molecule has 0 unspecified atom stereocenters. The SMILES string of the molecule is CCc1nn2c(C)cc(C)nc2c1Cc1ccc(/C=C/CN2CCN(CC34CC(C(=O)NCCOCCOCCOCCOCCN(CCOCCOCCOCCOCCNC(=O)C56CC(CN7CCN(C/C=C/c8ccc(Cc9c(CC)nn%10c(C)cc(C)nc9%10)cc8)CC7)(C5)C6)C(=O)CN5CCN(CC(=O)O)CCN(CC(=O)O)CCN(CC(=O)O)CC5)(C3)C4)CC2)cc1. The third kappa shape index (κ3) is 29.2. The van der Waals surface area contributed by atoms with Gasteiger partial charge in [-0.3, -0.25) is 58.2 Å². The van der Waals surface area contributed by atoms with E-state index >= 15 is 0 Å². The third-order valence-corrected chi connectivity index (χ3v) is 27.2. The van der Waals surface area contributed by atoms with Crippen molar-refractivity contribution >= 4 is 59.1 Å². The maximum absolute atomic E-state index is 14.3. The highest BCUT2D eigenvalue weighted by atomic mass is 16.6. The van der Waals surface area contributed by atoms with E-state index in [4.69, 9.17) is 58.1 Å². The largest absolute Gasteiger partial charge is 0.480 e. The number of carbonyl (C=O) groups excluding carboxylic acids is 3. The van der Waals surface area contributed by atoms with Gasteiger partial charge in [0.05, 0.1) is 154 Å². The van der Waals surface area contributed by atoms with Crippen LogP contribution in [-0.2, 0) is 92.3 Å². The Morgan fingerprint density at radius 2 is 0.689 bits per heavy atom. The van der Waals surface area contributed by atoms with Crippen LogP contribution < -0.4 is 10.6 Å². The van der Waals surface area contributed by atoms with Crippen molar-refractivity contribution in [1.82, 2.24) is 83.9 Å². The minimum atomic E-state index is -1.04. The molecule has 6 saturated carbocycles. The summed E-state index contributed by atoms with van der Waals surface area (Å²) < 4.78 is 50.5. The number of aromatic nitrogens is 6. The van der Waals surface area contributed by atoms with Crippen LogP contribution >= 0.6 is 0 Å². The molecule has 5 N–H and O–H groups in total. The van der Waals surface area contributed by atoms with E-state index in [9.17, 15) is 44.1 Å². The maximum Gasteiger partial charge on any atom is 0.317 e. The van der Waals surface area contributed by atoms with E-state index in [1.807, 2.05) is 27.8 Å². The molecule has 4 aromatic heterocycles. The number of nitrogens with one attached hydrogen (secondary N) is 2. The van der Waals surface area contributed by atoms with Crippen molar-refractivity contribution in [2.24, 2.45) is 21.7 Å². The predicted octanol–water partition coefficient (Wildman–Crippen LogP) is 5.28. The van der Waals surface area contributed by atoms with Crippen molar-refractivity contribution < 1.29 is 82.0 Å². The summed E-state index contributed by atoms with van der Waals surface area (Å²) >= 11 is 0. The van der Waals surface area contributed by atoms with Crippen LogP contribution in [0.15, 0.2) is 72.8 Å². The van der Waals surface area contributed by atoms with Crippen LogP contribution in [0.3, 0.4) is 0 Å². The fourth-order valence-electron chi connectivity index (χ4n) is 20.5. The van der Waals surface area contributed by atoms with E-state index in [2.05, 4.69) is 143 Å². The fourth-order valence-corrected chi connectivity index (χ4v) is 20.5. The first kappa shape index (κ1) is 101. The molecule has 3 aliphatic heterocycles. The quantitative estimate of drug-likeness (QED) is 0.0303. The van der Waals surface area contributed by atoms with Gasteiger partial charge < -0.3 is 78.5 Å². The minimum Gasteiger partial charge on any atom is -0.480 e. The van der Waals surface area contributed by atoms with E-state index in [0.29, 0.717) is 105 Å². The Bertz CT molecular complexity index is 4460. The number of nitrogens with zero attached hydrogens (tertiary/aromatic N) is 15. The van der Waals surface area contributed by atoms with Crippen LogP contribution in [0.5, 0.6) is 0 Å². The molecule has 0 radical (unpaired) electrons. The van der Waals surface area contributed by atoms with Gasteiger partial charge in [0.1, 0.15) is 0 Å². The first-order valence-corrected chi connectivity index (χ1v) is 48.1. The Kier molecular flexibility index (Phi) is 38.0. The number of ether oxygens (including phenoxy) is 8. The number of carboxylic acids is 3. The van der Waals surface area contributed by atoms with E-state index in [1.165, 1.54) is 33.4 Å². The Hall–Kier alpha value is -8.66. The number of aliphatic carboxylic acids is 3. The van der Waals surface area contributed by atoms with E-state index in [1.54, 1.807) is 19.6 Å². The number of hydrogen-bond acceptors (Lipinski definition) is 26. The molecule has 34 nitrogen and oxygen atoms in total. The normalized spacial score (nSPS) is 21.6. The zero-order valence-electron chi connectivity index (χ0n) is 79.0. The second kappa shape index (κ2) is 49.7. The average molecular weight is 1830 g/mol. The van der Waals surface area contributed by atoms with Gasteiger partial charge in [0.2, 0.25) is 17.7 Å². The smallest absolute Gasteiger partial charge is 0.317 e. The molecule has 0 atom stereocenters. The van der Waals surface area contributed by atoms with E-state index in [0.717, 1.165) is 188 Å². The number of piperazine rings is 2. The molecule has 9 aliphatic rings. The molecule has 132 heavy (non-hydrogen) atoms. The summed E-state index contributed by atoms with van der Waals surface area (Å²) in [4.78, 5) is 105. The number of benzene rings is 2. The number of amides is 3. The van der Waals surface area contributed by atoms with E-state index < -0.39 is 17.9 Å². The highest BCUT2D eigenvalue weighted by molar-refractivity contribution is 5.87. The number of fused-ring (bicyclic) bond motifs is 2. The first-order valence-electron chi connectivity index (χ1n) is 48.1. The number of hydrogen-bond donors (Lipinski definition) is 5. The molecule has 3 saturated heterocycles. The Morgan fingerprint density at radius 1 is 0.394 bits per heavy atom. The molecule has 3 amide bonds. The van der Waals surface area contributed by atoms with Gasteiger partial charge in [0.15, 0.2) is 11.3 Å². The molecule has 0 spiro atoms. The molecule has 4 bridgehead atoms. The Morgan fingerprint density at radius 3 is 1.01 bits per heavy atom. The molecule has 15 rings (SSSR count). The predicted molar refractivity (Wildman–Crippen MR) is 501 cm³/mol. The van der Waals surface area contributed by atoms with Gasteiger partial charge in [0.25, 0.3) is 0 Å². The lowest BCUT2D eigenvalue weighted by Crippen LogP contribution is -2.71. The van der Waals surface area contributed by atoms with Crippen molar-refractivity contribution in [2.75, 3.05) is 289 Å². The molecular weight excluding hydrogens is 1690 g/mol. The zero-order chi connectivity index (χ0) is 92.9. The van der Waals surface area contributed by atoms with Gasteiger partial charge in [-0.05, 0) is 124 Å². The molecule has 7 heterocycles. The molecular formula is C98H145N17O17. The van der Waals surface area contributed by atoms with Crippen LogP contribution in [-0.4, -0.2) is 413 Å². The lowest BCUT2D eigenvalue weighted by molar-refractivity contribution is -0.214. The molecule has 724 valence electrons. The first-order chi connectivity index (χ1) is 63.9. The maximum atomic E-state index is 14.3. The highest BCUT2D eigenvalue weighted by Gasteiger charge is 2.72. The molecule has 6 aliphatic carbocycles. The van der Waals surface area contributed by atoms with Gasteiger partial charge in [-0.2, -0.15) is 10.2 Å². The van der Waals surface area contributed by atoms with Gasteiger partial charge >= 0.3 is 17.9 Å². The van der Waals surface area contributed by atoms with Crippen LogP contribution in [0, 0.1) is 49.4 Å². The van der Waals surface area contributed by atoms with Gasteiger partial charge in [-0.15, -0.1) is 0 Å². The summed E-state index contributed by atoms with van der Waals surface area (Å²) in [5.74, 6) is -3.05. The summed E-state index contributed by atoms with van der Waals surface area (Å²) in [6, 6.07) is 21.9. The lowest BCUT2D eigenvalue weighted by atomic mass is 9.34. The molecule has 6 aromatic rings. The third-order valence-electron chi connectivity index (χ3n) is 27.2. The number of aryl methyl sites for hydroxylation is 6. The number of carbonyl (C=O) groups is 6. The molecule has 34 heteroatoms. The fraction of sp³-hybridized carbons (Fsp3) is 0.653.